The summed E-state index contributed by atoms with van der Waals surface area (Å²) in [5, 5.41) is 3.40. The van der Waals surface area contributed by atoms with Crippen molar-refractivity contribution in [3.63, 3.8) is 0 Å². The van der Waals surface area contributed by atoms with Crippen molar-refractivity contribution in [1.29, 1.82) is 0 Å². The Morgan fingerprint density at radius 2 is 1.74 bits per heavy atom. The maximum Gasteiger partial charge on any atom is 0.254 e. The molecule has 0 aromatic heterocycles. The van der Waals surface area contributed by atoms with Crippen LogP contribution in [0.1, 0.15) is 35.3 Å². The molecule has 4 heteroatoms. The van der Waals surface area contributed by atoms with E-state index in [1.54, 1.807) is 0 Å². The summed E-state index contributed by atoms with van der Waals surface area (Å²) in [6.45, 7) is 6.91. The first kappa shape index (κ1) is 19.3. The number of amides is 1. The second kappa shape index (κ2) is 9.49. The van der Waals surface area contributed by atoms with Gasteiger partial charge in [0, 0.05) is 31.7 Å². The maximum atomic E-state index is 12.7. The maximum absolute atomic E-state index is 12.7. The molecule has 4 nitrogen and oxygen atoms in total. The van der Waals surface area contributed by atoms with Gasteiger partial charge in [0.25, 0.3) is 5.91 Å². The molecule has 0 spiro atoms. The summed E-state index contributed by atoms with van der Waals surface area (Å²) in [5.74, 6) is 0.0855. The quantitative estimate of drug-likeness (QED) is 0.794. The molecular weight excluding hydrogens is 336 g/mol. The first-order valence-electron chi connectivity index (χ1n) is 9.58. The van der Waals surface area contributed by atoms with Crippen LogP contribution < -0.4 is 5.32 Å². The van der Waals surface area contributed by atoms with Gasteiger partial charge in [-0.05, 0) is 37.1 Å². The van der Waals surface area contributed by atoms with Gasteiger partial charge in [-0.3, -0.25) is 4.79 Å². The Bertz CT molecular complexity index is 746. The smallest absolute Gasteiger partial charge is 0.254 e. The van der Waals surface area contributed by atoms with Crippen LogP contribution >= 0.6 is 0 Å². The van der Waals surface area contributed by atoms with Crippen molar-refractivity contribution >= 4 is 12.0 Å². The van der Waals surface area contributed by atoms with Gasteiger partial charge >= 0.3 is 0 Å². The predicted octanol–water partition coefficient (Wildman–Crippen LogP) is 3.74. The van der Waals surface area contributed by atoms with Crippen LogP contribution in [0.5, 0.6) is 0 Å². The number of hydrogen-bond acceptors (Lipinski definition) is 3. The molecule has 1 aliphatic rings. The predicted molar refractivity (Wildman–Crippen MR) is 110 cm³/mol. The molecule has 1 fully saturated rings. The molecule has 0 saturated carbocycles. The van der Waals surface area contributed by atoms with Crippen LogP contribution in [0.15, 0.2) is 60.7 Å². The van der Waals surface area contributed by atoms with E-state index in [2.05, 4.69) is 29.6 Å². The van der Waals surface area contributed by atoms with Gasteiger partial charge in [0.15, 0.2) is 0 Å². The molecule has 2 aromatic carbocycles. The Morgan fingerprint density at radius 1 is 1.07 bits per heavy atom. The van der Waals surface area contributed by atoms with Crippen molar-refractivity contribution in [2.75, 3.05) is 19.6 Å². The number of rotatable bonds is 6. The third kappa shape index (κ3) is 5.78. The first-order chi connectivity index (χ1) is 13.1. The minimum Gasteiger partial charge on any atom is -0.372 e. The number of ether oxygens (including phenoxy) is 1. The second-order valence-corrected chi connectivity index (χ2v) is 7.11. The van der Waals surface area contributed by atoms with Crippen molar-refractivity contribution in [2.24, 2.45) is 0 Å². The van der Waals surface area contributed by atoms with Crippen LogP contribution in [0.25, 0.3) is 6.08 Å². The molecule has 27 heavy (non-hydrogen) atoms. The molecule has 2 unspecified atom stereocenters. The molecule has 3 rings (SSSR count). The number of hydrogen-bond donors (Lipinski definition) is 1. The van der Waals surface area contributed by atoms with E-state index in [1.807, 2.05) is 61.2 Å². The Hall–Kier alpha value is -2.43. The van der Waals surface area contributed by atoms with E-state index in [0.717, 1.165) is 18.7 Å². The standard InChI is InChI=1S/C23H28N2O2/c1-18-16-25(17-19(2)27-18)23(26)22-12-10-21(11-13-22)15-24-14-6-9-20-7-4-3-5-8-20/h3-13,18-19,24H,14-17H2,1-2H3/b9-6+. The average Bonchev–Trinajstić information content (AvgIpc) is 2.68. The number of carbonyl (C=O) groups excluding carboxylic acids is 1. The number of nitrogens with one attached hydrogen (secondary N) is 1. The minimum atomic E-state index is 0.0855. The topological polar surface area (TPSA) is 41.6 Å². The van der Waals surface area contributed by atoms with Gasteiger partial charge < -0.3 is 15.0 Å². The summed E-state index contributed by atoms with van der Waals surface area (Å²) in [7, 11) is 0. The lowest BCUT2D eigenvalue weighted by Crippen LogP contribution is -2.48. The van der Waals surface area contributed by atoms with Gasteiger partial charge in [-0.2, -0.15) is 0 Å². The highest BCUT2D eigenvalue weighted by Gasteiger charge is 2.26. The highest BCUT2D eigenvalue weighted by molar-refractivity contribution is 5.94. The van der Waals surface area contributed by atoms with Gasteiger partial charge in [-0.15, -0.1) is 0 Å². The van der Waals surface area contributed by atoms with E-state index < -0.39 is 0 Å². The summed E-state index contributed by atoms with van der Waals surface area (Å²) < 4.78 is 5.71. The Balaban J connectivity index is 1.47. The third-order valence-electron chi connectivity index (χ3n) is 4.61. The van der Waals surface area contributed by atoms with E-state index in [9.17, 15) is 4.79 Å². The second-order valence-electron chi connectivity index (χ2n) is 7.11. The summed E-state index contributed by atoms with van der Waals surface area (Å²) in [6, 6.07) is 18.1. The normalized spacial score (nSPS) is 20.1. The summed E-state index contributed by atoms with van der Waals surface area (Å²) in [4.78, 5) is 14.6. The van der Waals surface area contributed by atoms with E-state index in [0.29, 0.717) is 13.1 Å². The van der Waals surface area contributed by atoms with Crippen LogP contribution in [0, 0.1) is 0 Å². The zero-order valence-electron chi connectivity index (χ0n) is 16.1. The van der Waals surface area contributed by atoms with Crippen LogP contribution in [-0.2, 0) is 11.3 Å². The van der Waals surface area contributed by atoms with E-state index >= 15 is 0 Å². The molecule has 0 bridgehead atoms. The zero-order chi connectivity index (χ0) is 19.1. The molecule has 142 valence electrons. The van der Waals surface area contributed by atoms with Gasteiger partial charge in [-0.1, -0.05) is 54.6 Å². The lowest BCUT2D eigenvalue weighted by Gasteiger charge is -2.35. The summed E-state index contributed by atoms with van der Waals surface area (Å²) in [5.41, 5.74) is 3.11. The Morgan fingerprint density at radius 3 is 2.41 bits per heavy atom. The molecule has 0 aliphatic carbocycles. The zero-order valence-corrected chi connectivity index (χ0v) is 16.1. The van der Waals surface area contributed by atoms with Gasteiger partial charge in [-0.25, -0.2) is 0 Å². The Kier molecular flexibility index (Phi) is 6.80. The molecule has 1 saturated heterocycles. The van der Waals surface area contributed by atoms with E-state index in [1.165, 1.54) is 11.1 Å². The lowest BCUT2D eigenvalue weighted by molar-refractivity contribution is -0.0586. The molecular formula is C23H28N2O2. The van der Waals surface area contributed by atoms with Gasteiger partial charge in [0.2, 0.25) is 0 Å². The van der Waals surface area contributed by atoms with E-state index in [4.69, 9.17) is 4.74 Å². The molecule has 1 N–H and O–H groups in total. The van der Waals surface area contributed by atoms with Crippen molar-refractivity contribution in [3.05, 3.63) is 77.4 Å². The van der Waals surface area contributed by atoms with Crippen molar-refractivity contribution in [2.45, 2.75) is 32.6 Å². The van der Waals surface area contributed by atoms with Gasteiger partial charge in [0.05, 0.1) is 12.2 Å². The molecule has 1 amide bonds. The summed E-state index contributed by atoms with van der Waals surface area (Å²) in [6.07, 6.45) is 4.41. The summed E-state index contributed by atoms with van der Waals surface area (Å²) >= 11 is 0. The number of morpholine rings is 1. The SMILES string of the molecule is CC1CN(C(=O)c2ccc(CNC/C=C/c3ccccc3)cc2)CC(C)O1. The van der Waals surface area contributed by atoms with Gasteiger partial charge in [0.1, 0.15) is 0 Å². The van der Waals surface area contributed by atoms with Crippen molar-refractivity contribution in [3.8, 4) is 0 Å². The number of nitrogens with zero attached hydrogens (tertiary/aromatic N) is 1. The van der Waals surface area contributed by atoms with Crippen molar-refractivity contribution in [1.82, 2.24) is 10.2 Å². The average molecular weight is 364 g/mol. The molecule has 2 aromatic rings. The van der Waals surface area contributed by atoms with Crippen molar-refractivity contribution < 1.29 is 9.53 Å². The third-order valence-corrected chi connectivity index (χ3v) is 4.61. The minimum absolute atomic E-state index is 0.0855. The molecule has 1 heterocycles. The fourth-order valence-electron chi connectivity index (χ4n) is 3.35. The largest absolute Gasteiger partial charge is 0.372 e. The highest BCUT2D eigenvalue weighted by Crippen LogP contribution is 2.15. The van der Waals surface area contributed by atoms with Crippen LogP contribution in [0.4, 0.5) is 0 Å². The molecule has 1 aliphatic heterocycles. The molecule has 2 atom stereocenters. The number of carbonyl (C=O) groups is 1. The lowest BCUT2D eigenvalue weighted by atomic mass is 10.1. The number of benzene rings is 2. The van der Waals surface area contributed by atoms with Crippen LogP contribution in [0.2, 0.25) is 0 Å². The fourth-order valence-corrected chi connectivity index (χ4v) is 3.35. The monoisotopic (exact) mass is 364 g/mol. The van der Waals surface area contributed by atoms with Crippen LogP contribution in [0.3, 0.4) is 0 Å². The fraction of sp³-hybridized carbons (Fsp3) is 0.348. The Labute approximate surface area is 161 Å². The first-order valence-corrected chi connectivity index (χ1v) is 9.58. The van der Waals surface area contributed by atoms with Crippen LogP contribution in [-0.4, -0.2) is 42.6 Å². The highest BCUT2D eigenvalue weighted by atomic mass is 16.5. The van der Waals surface area contributed by atoms with E-state index in [-0.39, 0.29) is 18.1 Å². The molecule has 0 radical (unpaired) electrons.